The van der Waals surface area contributed by atoms with Crippen LogP contribution in [0.25, 0.3) is 0 Å². The van der Waals surface area contributed by atoms with Crippen molar-refractivity contribution in [3.8, 4) is 5.75 Å². The van der Waals surface area contributed by atoms with Crippen LogP contribution in [0.3, 0.4) is 0 Å². The van der Waals surface area contributed by atoms with Gasteiger partial charge in [0.15, 0.2) is 0 Å². The van der Waals surface area contributed by atoms with Crippen LogP contribution in [0.15, 0.2) is 91.3 Å². The van der Waals surface area contributed by atoms with Crippen LogP contribution in [0, 0.1) is 10.8 Å². The fourth-order valence-corrected chi connectivity index (χ4v) is 9.75. The second kappa shape index (κ2) is 25.3. The number of hydrogen-bond acceptors (Lipinski definition) is 15. The Kier molecular flexibility index (Phi) is 18.2. The van der Waals surface area contributed by atoms with E-state index in [0.717, 1.165) is 60.6 Å². The number of anilines is 2. The highest BCUT2D eigenvalue weighted by molar-refractivity contribution is 6.10. The molecule has 4 aromatic rings. The highest BCUT2D eigenvalue weighted by atomic mass is 16.5. The molecule has 3 atom stereocenters. The summed E-state index contributed by atoms with van der Waals surface area (Å²) in [4.78, 5) is 59.6. The van der Waals surface area contributed by atoms with Gasteiger partial charge >= 0.3 is 0 Å². The average molecular weight is 1000 g/mol. The van der Waals surface area contributed by atoms with Gasteiger partial charge in [0.1, 0.15) is 36.3 Å². The number of piperidine rings is 2. The predicted octanol–water partition coefficient (Wildman–Crippen LogP) is 4.63. The largest absolute Gasteiger partial charge is 0.494 e. The fourth-order valence-electron chi connectivity index (χ4n) is 9.75. The lowest BCUT2D eigenvalue weighted by molar-refractivity contribution is -0.137. The number of benzene rings is 3. The van der Waals surface area contributed by atoms with E-state index < -0.39 is 23.7 Å². The molecule has 388 valence electrons. The Bertz CT molecular complexity index is 2570. The van der Waals surface area contributed by atoms with Gasteiger partial charge in [0.25, 0.3) is 5.91 Å². The summed E-state index contributed by atoms with van der Waals surface area (Å²) in [5.74, 6) is 0.162. The normalized spacial score (nSPS) is 18.4. The van der Waals surface area contributed by atoms with E-state index in [-0.39, 0.29) is 48.5 Å². The number of carbonyl (C=O) groups excluding carboxylic acids is 4. The van der Waals surface area contributed by atoms with Gasteiger partial charge in [0.2, 0.25) is 17.7 Å². The van der Waals surface area contributed by atoms with Gasteiger partial charge < -0.3 is 50.0 Å². The van der Waals surface area contributed by atoms with E-state index in [0.29, 0.717) is 102 Å². The number of carbonyl (C=O) groups is 4. The Morgan fingerprint density at radius 2 is 1.60 bits per heavy atom. The van der Waals surface area contributed by atoms with Crippen LogP contribution < -0.4 is 36.2 Å². The Labute approximate surface area is 426 Å². The molecule has 0 aliphatic carbocycles. The summed E-state index contributed by atoms with van der Waals surface area (Å²) in [6, 6.07) is 23.9. The molecular formula is C54H69N11O8. The highest BCUT2D eigenvalue weighted by Gasteiger charge is 2.40. The Hall–Kier alpha value is -6.77. The first-order valence-electron chi connectivity index (χ1n) is 25.5. The van der Waals surface area contributed by atoms with E-state index in [2.05, 4.69) is 36.5 Å². The van der Waals surface area contributed by atoms with Crippen molar-refractivity contribution < 1.29 is 38.5 Å². The van der Waals surface area contributed by atoms with Gasteiger partial charge in [-0.25, -0.2) is 0 Å². The monoisotopic (exact) mass is 1000 g/mol. The van der Waals surface area contributed by atoms with Crippen molar-refractivity contribution in [1.82, 2.24) is 36.1 Å². The van der Waals surface area contributed by atoms with E-state index in [1.807, 2.05) is 78.6 Å². The van der Waals surface area contributed by atoms with Crippen LogP contribution in [-0.2, 0) is 30.4 Å². The molecule has 2 unspecified atom stereocenters. The van der Waals surface area contributed by atoms with Crippen molar-refractivity contribution in [3.05, 3.63) is 119 Å². The third-order valence-electron chi connectivity index (χ3n) is 14.0. The molecule has 3 aromatic carbocycles. The molecule has 4 aliphatic rings. The standard InChI is InChI=1S/C54H69N11O8/c1-37(59-50(68)40-9-5-10-42(32-40)62-54(18-22-58-23-19-54)53(56)61-49(55)38-16-20-57-21-17-38)39-8-6-11-44(34-39)73-31-4-2-3-28-71-29-7-30-72-36-48(67)64-26-24-63(25-27-64)43-12-13-45-41(33-43)35-65(52(45)70)46-14-15-47(66)60-51(46)69/h5-6,8-13,16-17,20-21,32-34,37,46,50,58-59,62,68H,2-4,7,14-15,18-19,22-31,35-36H2,1H3,(H3,55,56,61)(H,60,66,69)/t37-,46?,50?/m1/s1. The summed E-state index contributed by atoms with van der Waals surface area (Å²) in [7, 11) is 0. The first kappa shape index (κ1) is 52.5. The molecule has 0 spiro atoms. The van der Waals surface area contributed by atoms with Crippen molar-refractivity contribution in [3.63, 3.8) is 0 Å². The number of nitrogens with one attached hydrogen (secondary N) is 7. The van der Waals surface area contributed by atoms with Gasteiger partial charge in [-0.05, 0) is 136 Å². The van der Waals surface area contributed by atoms with Gasteiger partial charge in [-0.3, -0.25) is 45.6 Å². The number of amides is 4. The zero-order valence-electron chi connectivity index (χ0n) is 41.6. The van der Waals surface area contributed by atoms with Crippen molar-refractivity contribution in [2.45, 2.75) is 88.7 Å². The number of amidine groups is 2. The number of aromatic nitrogens is 1. The Balaban J connectivity index is 0.665. The molecule has 3 saturated heterocycles. The smallest absolute Gasteiger partial charge is 0.255 e. The van der Waals surface area contributed by atoms with E-state index in [1.165, 1.54) is 0 Å². The summed E-state index contributed by atoms with van der Waals surface area (Å²) in [5, 5.41) is 44.5. The Morgan fingerprint density at radius 1 is 0.863 bits per heavy atom. The predicted molar refractivity (Wildman–Crippen MR) is 277 cm³/mol. The summed E-state index contributed by atoms with van der Waals surface area (Å²) in [6.45, 7) is 8.44. The van der Waals surface area contributed by atoms with Crippen LogP contribution in [0.5, 0.6) is 5.75 Å². The van der Waals surface area contributed by atoms with Gasteiger partial charge in [-0.2, -0.15) is 0 Å². The Morgan fingerprint density at radius 3 is 2.40 bits per heavy atom. The topological polar surface area (TPSA) is 247 Å². The molecular weight excluding hydrogens is 931 g/mol. The molecule has 4 amide bonds. The first-order valence-corrected chi connectivity index (χ1v) is 25.5. The lowest BCUT2D eigenvalue weighted by Gasteiger charge is -2.40. The summed E-state index contributed by atoms with van der Waals surface area (Å²) < 4.78 is 17.6. The maximum atomic E-state index is 13.1. The van der Waals surface area contributed by atoms with E-state index >= 15 is 0 Å². The van der Waals surface area contributed by atoms with Gasteiger partial charge in [-0.1, -0.05) is 24.3 Å². The summed E-state index contributed by atoms with van der Waals surface area (Å²) in [6.07, 6.45) is 7.58. The zero-order valence-corrected chi connectivity index (χ0v) is 41.6. The van der Waals surface area contributed by atoms with Crippen molar-refractivity contribution in [2.24, 2.45) is 0 Å². The lowest BCUT2D eigenvalue weighted by Crippen LogP contribution is -2.58. The fraction of sp³-hybridized carbons (Fsp3) is 0.463. The SMILES string of the molecule is C[C@@H](NC(O)c1cccc(NC2(C(=N)NC(=N)c3ccncc3)CCNCC2)c1)c1cccc(OCCCCCOCCCOCC(=O)N2CCN(c3ccc4c(c3)CN(C3CCC(=O)NC3=O)C4=O)CC2)c1. The quantitative estimate of drug-likeness (QED) is 0.0166. The maximum absolute atomic E-state index is 13.1. The number of unbranched alkanes of at least 4 members (excludes halogenated alkanes) is 2. The molecule has 0 saturated carbocycles. The van der Waals surface area contributed by atoms with Gasteiger partial charge in [-0.15, -0.1) is 0 Å². The van der Waals surface area contributed by atoms with Gasteiger partial charge in [0.05, 0.1) is 12.1 Å². The molecule has 8 rings (SSSR count). The first-order chi connectivity index (χ1) is 35.5. The number of nitrogens with zero attached hydrogens (tertiary/aromatic N) is 4. The van der Waals surface area contributed by atoms with Crippen LogP contribution in [-0.4, -0.2) is 139 Å². The molecule has 1 aromatic heterocycles. The molecule has 0 bridgehead atoms. The third kappa shape index (κ3) is 13.8. The second-order valence-corrected chi connectivity index (χ2v) is 19.1. The second-order valence-electron chi connectivity index (χ2n) is 19.1. The minimum absolute atomic E-state index is 0.0275. The number of fused-ring (bicyclic) bond motifs is 1. The van der Waals surface area contributed by atoms with E-state index in [4.69, 9.17) is 25.0 Å². The zero-order chi connectivity index (χ0) is 51.2. The molecule has 19 heteroatoms. The molecule has 73 heavy (non-hydrogen) atoms. The number of hydrogen-bond donors (Lipinski definition) is 8. The summed E-state index contributed by atoms with van der Waals surface area (Å²) >= 11 is 0. The van der Waals surface area contributed by atoms with Crippen LogP contribution in [0.4, 0.5) is 11.4 Å². The lowest BCUT2D eigenvalue weighted by atomic mass is 9.86. The van der Waals surface area contributed by atoms with Gasteiger partial charge in [0, 0.05) is 99.9 Å². The molecule has 4 aliphatic heterocycles. The van der Waals surface area contributed by atoms with E-state index in [9.17, 15) is 24.3 Å². The van der Waals surface area contributed by atoms with Crippen LogP contribution in [0.2, 0.25) is 0 Å². The number of imide groups is 1. The maximum Gasteiger partial charge on any atom is 0.255 e. The molecule has 19 nitrogen and oxygen atoms in total. The van der Waals surface area contributed by atoms with Crippen LogP contribution >= 0.6 is 0 Å². The average Bonchev–Trinajstić information content (AvgIpc) is 3.73. The number of aliphatic hydroxyl groups excluding tert-OH is 1. The number of rotatable bonds is 23. The number of piperazine rings is 1. The van der Waals surface area contributed by atoms with Crippen LogP contribution in [0.1, 0.15) is 103 Å². The molecule has 8 N–H and O–H groups in total. The molecule has 0 radical (unpaired) electrons. The number of pyridine rings is 1. The minimum Gasteiger partial charge on any atom is -0.494 e. The number of ether oxygens (including phenoxy) is 3. The van der Waals surface area contributed by atoms with E-state index in [1.54, 1.807) is 29.4 Å². The highest BCUT2D eigenvalue weighted by Crippen LogP contribution is 2.32. The van der Waals surface area contributed by atoms with Crippen molar-refractivity contribution >= 4 is 46.7 Å². The summed E-state index contributed by atoms with van der Waals surface area (Å²) in [5.41, 5.74) is 4.78. The minimum atomic E-state index is -0.952. The van der Waals surface area contributed by atoms with Crippen molar-refractivity contribution in [2.75, 3.05) is 82.5 Å². The van der Waals surface area contributed by atoms with Crippen molar-refractivity contribution in [1.29, 1.82) is 10.8 Å². The molecule has 3 fully saturated rings. The molecule has 5 heterocycles. The number of aliphatic hydroxyl groups is 1. The third-order valence-corrected chi connectivity index (χ3v) is 14.0.